The average Bonchev–Trinajstić information content (AvgIpc) is 2.83. The molecule has 0 spiro atoms. The molecule has 3 rings (SSSR count). The summed E-state index contributed by atoms with van der Waals surface area (Å²) in [7, 11) is 0. The van der Waals surface area contributed by atoms with Crippen LogP contribution in [0.4, 0.5) is 5.82 Å². The van der Waals surface area contributed by atoms with Gasteiger partial charge in [0.1, 0.15) is 0 Å². The number of hydrogen-bond donors (Lipinski definition) is 1. The van der Waals surface area contributed by atoms with Crippen molar-refractivity contribution in [3.05, 3.63) is 58.6 Å². The van der Waals surface area contributed by atoms with E-state index < -0.39 is 0 Å². The van der Waals surface area contributed by atoms with Crippen LogP contribution in [0.15, 0.2) is 47.0 Å². The first-order chi connectivity index (χ1) is 10.1. The van der Waals surface area contributed by atoms with Gasteiger partial charge in [-0.1, -0.05) is 47.1 Å². The number of aryl methyl sites for hydroxylation is 1. The summed E-state index contributed by atoms with van der Waals surface area (Å²) in [6, 6.07) is 13.6. The molecule has 0 fully saturated rings. The quantitative estimate of drug-likeness (QED) is 0.735. The number of hydrogen-bond acceptors (Lipinski definition) is 3. The van der Waals surface area contributed by atoms with E-state index in [1.54, 1.807) is 0 Å². The molecule has 0 unspecified atom stereocenters. The van der Waals surface area contributed by atoms with Gasteiger partial charge in [0, 0.05) is 10.6 Å². The van der Waals surface area contributed by atoms with Gasteiger partial charge in [-0.2, -0.15) is 0 Å². The molecule has 21 heavy (non-hydrogen) atoms. The molecule has 106 valence electrons. The highest BCUT2D eigenvalue weighted by atomic mass is 35.5. The maximum Gasteiger partial charge on any atom is 0.177 e. The first-order valence-corrected chi connectivity index (χ1v) is 7.03. The van der Waals surface area contributed by atoms with Gasteiger partial charge in [-0.05, 0) is 42.7 Å². The second-order valence-electron chi connectivity index (χ2n) is 5.03. The Labute approximate surface area is 128 Å². The third-order valence-electron chi connectivity index (χ3n) is 3.68. The molecule has 4 heteroatoms. The van der Waals surface area contributed by atoms with Crippen molar-refractivity contribution in [3.8, 4) is 22.5 Å². The lowest BCUT2D eigenvalue weighted by Gasteiger charge is -2.08. The Bertz CT molecular complexity index is 808. The molecule has 3 nitrogen and oxygen atoms in total. The first kappa shape index (κ1) is 13.7. The van der Waals surface area contributed by atoms with E-state index in [0.29, 0.717) is 16.6 Å². The van der Waals surface area contributed by atoms with Crippen LogP contribution in [-0.2, 0) is 0 Å². The normalized spacial score (nSPS) is 10.8. The fourth-order valence-electron chi connectivity index (χ4n) is 2.41. The predicted octanol–water partition coefficient (Wildman–Crippen LogP) is 4.86. The second-order valence-corrected chi connectivity index (χ2v) is 5.47. The lowest BCUT2D eigenvalue weighted by atomic mass is 9.96. The fraction of sp³-hybridized carbons (Fsp3) is 0.118. The number of rotatable bonds is 2. The molecular formula is C17H15ClN2O. The van der Waals surface area contributed by atoms with E-state index in [9.17, 15) is 0 Å². The van der Waals surface area contributed by atoms with Crippen LogP contribution in [-0.4, -0.2) is 5.16 Å². The van der Waals surface area contributed by atoms with Crippen molar-refractivity contribution in [3.63, 3.8) is 0 Å². The highest BCUT2D eigenvalue weighted by Gasteiger charge is 2.19. The summed E-state index contributed by atoms with van der Waals surface area (Å²) >= 11 is 6.08. The van der Waals surface area contributed by atoms with E-state index in [-0.39, 0.29) is 0 Å². The number of anilines is 1. The van der Waals surface area contributed by atoms with Crippen LogP contribution < -0.4 is 5.73 Å². The van der Waals surface area contributed by atoms with Crippen molar-refractivity contribution in [1.29, 1.82) is 0 Å². The molecule has 2 aromatic carbocycles. The highest BCUT2D eigenvalue weighted by molar-refractivity contribution is 6.30. The van der Waals surface area contributed by atoms with Gasteiger partial charge in [-0.25, -0.2) is 0 Å². The van der Waals surface area contributed by atoms with Crippen molar-refractivity contribution < 1.29 is 4.52 Å². The summed E-state index contributed by atoms with van der Waals surface area (Å²) in [4.78, 5) is 0. The molecular weight excluding hydrogens is 284 g/mol. The third-order valence-corrected chi connectivity index (χ3v) is 3.92. The van der Waals surface area contributed by atoms with Crippen molar-refractivity contribution in [2.45, 2.75) is 13.8 Å². The maximum absolute atomic E-state index is 6.08. The average molecular weight is 299 g/mol. The van der Waals surface area contributed by atoms with Gasteiger partial charge in [0.05, 0.1) is 5.56 Å². The van der Waals surface area contributed by atoms with Crippen LogP contribution in [0.1, 0.15) is 11.1 Å². The van der Waals surface area contributed by atoms with Gasteiger partial charge in [-0.15, -0.1) is 0 Å². The molecule has 0 saturated carbocycles. The minimum absolute atomic E-state index is 0.369. The summed E-state index contributed by atoms with van der Waals surface area (Å²) in [5, 5.41) is 4.58. The Morgan fingerprint density at radius 3 is 2.62 bits per heavy atom. The molecule has 0 amide bonds. The van der Waals surface area contributed by atoms with Gasteiger partial charge in [-0.3, -0.25) is 0 Å². The van der Waals surface area contributed by atoms with Crippen LogP contribution in [0.3, 0.4) is 0 Å². The summed E-state index contributed by atoms with van der Waals surface area (Å²) in [6.07, 6.45) is 0. The highest BCUT2D eigenvalue weighted by Crippen LogP contribution is 2.39. The number of aromatic nitrogens is 1. The standard InChI is InChI=1S/C17H15ClN2O/c1-10-5-3-8-14(11(10)2)16-15(17(19)20-21-16)12-6-4-7-13(18)9-12/h3-9H,1-2H3,(H2,19,20). The minimum Gasteiger partial charge on any atom is -0.380 e. The van der Waals surface area contributed by atoms with Crippen LogP contribution >= 0.6 is 11.6 Å². The van der Waals surface area contributed by atoms with Crippen molar-refractivity contribution in [2.24, 2.45) is 0 Å². The zero-order valence-electron chi connectivity index (χ0n) is 11.9. The minimum atomic E-state index is 0.369. The number of nitrogens with two attached hydrogens (primary N) is 1. The maximum atomic E-state index is 6.08. The van der Waals surface area contributed by atoms with E-state index in [1.807, 2.05) is 36.4 Å². The summed E-state index contributed by atoms with van der Waals surface area (Å²) < 4.78 is 5.49. The van der Waals surface area contributed by atoms with Crippen LogP contribution in [0, 0.1) is 13.8 Å². The molecule has 0 atom stereocenters. The number of halogens is 1. The molecule has 0 aliphatic carbocycles. The second kappa shape index (κ2) is 5.26. The molecule has 0 radical (unpaired) electrons. The van der Waals surface area contributed by atoms with Gasteiger partial charge in [0.15, 0.2) is 11.6 Å². The van der Waals surface area contributed by atoms with Crippen LogP contribution in [0.25, 0.3) is 22.5 Å². The molecule has 1 aromatic heterocycles. The van der Waals surface area contributed by atoms with Crippen molar-refractivity contribution in [2.75, 3.05) is 5.73 Å². The molecule has 0 aliphatic heterocycles. The zero-order valence-corrected chi connectivity index (χ0v) is 12.6. The topological polar surface area (TPSA) is 52.0 Å². The fourth-order valence-corrected chi connectivity index (χ4v) is 2.60. The lowest BCUT2D eigenvalue weighted by molar-refractivity contribution is 0.436. The number of benzene rings is 2. The third kappa shape index (κ3) is 2.41. The molecule has 1 heterocycles. The molecule has 2 N–H and O–H groups in total. The Morgan fingerprint density at radius 2 is 1.86 bits per heavy atom. The summed E-state index contributed by atoms with van der Waals surface area (Å²) in [6.45, 7) is 4.13. The molecule has 0 saturated heterocycles. The van der Waals surface area contributed by atoms with Crippen molar-refractivity contribution >= 4 is 17.4 Å². The lowest BCUT2D eigenvalue weighted by Crippen LogP contribution is -1.91. The Hall–Kier alpha value is -2.26. The van der Waals surface area contributed by atoms with E-state index in [0.717, 1.165) is 22.3 Å². The summed E-state index contributed by atoms with van der Waals surface area (Å²) in [5.41, 5.74) is 11.0. The molecule has 0 aliphatic rings. The monoisotopic (exact) mass is 298 g/mol. The van der Waals surface area contributed by atoms with Gasteiger partial charge in [0.2, 0.25) is 0 Å². The SMILES string of the molecule is Cc1cccc(-c2onc(N)c2-c2cccc(Cl)c2)c1C. The van der Waals surface area contributed by atoms with E-state index >= 15 is 0 Å². The largest absolute Gasteiger partial charge is 0.380 e. The Balaban J connectivity index is 2.24. The van der Waals surface area contributed by atoms with Crippen molar-refractivity contribution in [1.82, 2.24) is 5.16 Å². The Kier molecular flexibility index (Phi) is 3.43. The van der Waals surface area contributed by atoms with Gasteiger partial charge < -0.3 is 10.3 Å². The number of nitrogen functional groups attached to an aromatic ring is 1. The van der Waals surface area contributed by atoms with Gasteiger partial charge in [0.25, 0.3) is 0 Å². The molecule has 3 aromatic rings. The predicted molar refractivity (Wildman–Crippen MR) is 86.3 cm³/mol. The van der Waals surface area contributed by atoms with E-state index in [1.165, 1.54) is 5.56 Å². The van der Waals surface area contributed by atoms with Crippen LogP contribution in [0.2, 0.25) is 5.02 Å². The van der Waals surface area contributed by atoms with Gasteiger partial charge >= 0.3 is 0 Å². The summed E-state index contributed by atoms with van der Waals surface area (Å²) in [5.74, 6) is 1.05. The van der Waals surface area contributed by atoms with Crippen LogP contribution in [0.5, 0.6) is 0 Å². The zero-order chi connectivity index (χ0) is 15.0. The van der Waals surface area contributed by atoms with E-state index in [4.69, 9.17) is 21.9 Å². The number of nitrogens with zero attached hydrogens (tertiary/aromatic N) is 1. The smallest absolute Gasteiger partial charge is 0.177 e. The first-order valence-electron chi connectivity index (χ1n) is 6.65. The molecule has 0 bridgehead atoms. The Morgan fingerprint density at radius 1 is 1.10 bits per heavy atom. The van der Waals surface area contributed by atoms with E-state index in [2.05, 4.69) is 25.1 Å².